The number of ether oxygens (including phenoxy) is 2. The van der Waals surface area contributed by atoms with E-state index in [1.54, 1.807) is 11.8 Å². The first-order valence-corrected chi connectivity index (χ1v) is 12.2. The van der Waals surface area contributed by atoms with Crippen molar-refractivity contribution in [3.8, 4) is 5.88 Å². The van der Waals surface area contributed by atoms with Crippen molar-refractivity contribution in [2.45, 2.75) is 55.9 Å². The molecule has 1 aromatic heterocycles. The van der Waals surface area contributed by atoms with Crippen molar-refractivity contribution in [3.05, 3.63) is 34.5 Å². The number of carbonyl (C=O) groups is 1. The number of benzene rings is 1. The van der Waals surface area contributed by atoms with Crippen molar-refractivity contribution in [1.82, 2.24) is 9.78 Å². The first-order chi connectivity index (χ1) is 14.9. The van der Waals surface area contributed by atoms with Crippen molar-refractivity contribution in [2.75, 3.05) is 25.6 Å². The van der Waals surface area contributed by atoms with Crippen LogP contribution in [0.4, 0.5) is 10.5 Å². The van der Waals surface area contributed by atoms with Crippen LogP contribution in [0.1, 0.15) is 54.0 Å². The molecule has 0 fully saturated rings. The number of aryl methyl sites for hydroxylation is 2. The summed E-state index contributed by atoms with van der Waals surface area (Å²) in [5.74, 6) is 0.537. The summed E-state index contributed by atoms with van der Waals surface area (Å²) in [7, 11) is -1.82. The molecule has 2 amide bonds. The smallest absolute Gasteiger partial charge is 0.354 e. The van der Waals surface area contributed by atoms with Gasteiger partial charge in [0.2, 0.25) is 5.88 Å². The quantitative estimate of drug-likeness (QED) is 0.749. The van der Waals surface area contributed by atoms with E-state index >= 15 is 0 Å². The first-order valence-electron chi connectivity index (χ1n) is 10.6. The maximum atomic E-state index is 13.1. The molecule has 1 aromatic carbocycles. The summed E-state index contributed by atoms with van der Waals surface area (Å²) in [4.78, 5) is 13.1. The summed E-state index contributed by atoms with van der Waals surface area (Å²) in [5, 5.41) is 13.1. The molecule has 9 nitrogen and oxygen atoms in total. The number of carbonyl (C=O) groups excluding carboxylic acids is 1. The lowest BCUT2D eigenvalue weighted by Crippen LogP contribution is -2.19. The van der Waals surface area contributed by atoms with Gasteiger partial charge >= 0.3 is 6.03 Å². The normalized spacial score (nSPS) is 22.9. The Morgan fingerprint density at radius 1 is 1.42 bits per heavy atom. The Balaban J connectivity index is 1.50. The van der Waals surface area contributed by atoms with Crippen molar-refractivity contribution in [1.29, 1.82) is 0 Å². The highest BCUT2D eigenvalue weighted by atomic mass is 32.2. The second kappa shape index (κ2) is 7.61. The Labute approximate surface area is 181 Å². The SMILES string of the molecule is COC[C@H]1CCc2cc3c(c(NC(=O)N=S(N)(=O)c4cnn5c4OC[C@@H]5C)c21)CCC3. The molecule has 1 aliphatic heterocycles. The Morgan fingerprint density at radius 2 is 2.26 bits per heavy atom. The van der Waals surface area contributed by atoms with E-state index in [2.05, 4.69) is 20.8 Å². The summed E-state index contributed by atoms with van der Waals surface area (Å²) in [6.45, 7) is 2.95. The summed E-state index contributed by atoms with van der Waals surface area (Å²) < 4.78 is 29.6. The number of methoxy groups -OCH3 is 1. The van der Waals surface area contributed by atoms with E-state index in [0.717, 1.165) is 48.9 Å². The number of nitrogens with zero attached hydrogens (tertiary/aromatic N) is 3. The van der Waals surface area contributed by atoms with Crippen molar-refractivity contribution >= 4 is 21.6 Å². The third-order valence-corrected chi connectivity index (χ3v) is 7.77. The molecule has 2 heterocycles. The number of aromatic nitrogens is 2. The number of nitrogens with one attached hydrogen (secondary N) is 1. The standard InChI is InChI=1S/C21H27N5O4S/c1-12-10-30-20-17(9-23-26(12)20)31(22,28)25-21(27)24-19-16-5-3-4-13(16)8-14-6-7-15(11-29-2)18(14)19/h8-9,12,15H,3-7,10-11H2,1-2H3,(H3,22,24,25,27,28)/t12-,15+,31?/m0/s1. The second-order valence-electron chi connectivity index (χ2n) is 8.52. The number of nitrogens with two attached hydrogens (primary N) is 1. The highest BCUT2D eigenvalue weighted by Crippen LogP contribution is 2.44. The van der Waals surface area contributed by atoms with Crippen LogP contribution in [0.15, 0.2) is 21.5 Å². The highest BCUT2D eigenvalue weighted by molar-refractivity contribution is 7.91. The monoisotopic (exact) mass is 445 g/mol. The van der Waals surface area contributed by atoms with Crippen LogP contribution in [0.2, 0.25) is 0 Å². The van der Waals surface area contributed by atoms with E-state index in [4.69, 9.17) is 14.6 Å². The van der Waals surface area contributed by atoms with Crippen LogP contribution in [0, 0.1) is 0 Å². The van der Waals surface area contributed by atoms with Crippen molar-refractivity contribution in [3.63, 3.8) is 0 Å². The molecule has 0 saturated carbocycles. The molecule has 5 rings (SSSR count). The summed E-state index contributed by atoms with van der Waals surface area (Å²) in [6.07, 6.45) is 6.28. The molecule has 0 radical (unpaired) electrons. The molecule has 166 valence electrons. The first kappa shape index (κ1) is 20.5. The Hall–Kier alpha value is -2.43. The van der Waals surface area contributed by atoms with Gasteiger partial charge in [-0.05, 0) is 61.3 Å². The average Bonchev–Trinajstić information content (AvgIpc) is 3.47. The molecule has 0 spiro atoms. The molecule has 2 aromatic rings. The van der Waals surface area contributed by atoms with Gasteiger partial charge in [0.1, 0.15) is 11.5 Å². The zero-order valence-electron chi connectivity index (χ0n) is 17.7. The van der Waals surface area contributed by atoms with E-state index in [1.807, 2.05) is 6.92 Å². The molecule has 31 heavy (non-hydrogen) atoms. The van der Waals surface area contributed by atoms with Crippen molar-refractivity contribution in [2.24, 2.45) is 9.50 Å². The topological polar surface area (TPSA) is 121 Å². The lowest BCUT2D eigenvalue weighted by atomic mass is 9.94. The molecule has 10 heteroatoms. The Morgan fingerprint density at radius 3 is 3.06 bits per heavy atom. The highest BCUT2D eigenvalue weighted by Gasteiger charge is 2.32. The fourth-order valence-electron chi connectivity index (χ4n) is 5.04. The van der Waals surface area contributed by atoms with Gasteiger partial charge in [0.15, 0.2) is 9.92 Å². The summed E-state index contributed by atoms with van der Waals surface area (Å²) >= 11 is 0. The van der Waals surface area contributed by atoms with Crippen LogP contribution in [-0.2, 0) is 33.9 Å². The van der Waals surface area contributed by atoms with Gasteiger partial charge in [0.25, 0.3) is 0 Å². The summed E-state index contributed by atoms with van der Waals surface area (Å²) in [5.41, 5.74) is 5.61. The van der Waals surface area contributed by atoms with Gasteiger partial charge in [-0.1, -0.05) is 6.07 Å². The van der Waals surface area contributed by atoms with Gasteiger partial charge in [0, 0.05) is 18.7 Å². The zero-order valence-corrected chi connectivity index (χ0v) is 18.5. The number of anilines is 1. The van der Waals surface area contributed by atoms with E-state index in [9.17, 15) is 9.00 Å². The minimum Gasteiger partial charge on any atom is -0.475 e. The number of rotatable bonds is 4. The molecule has 3 atom stereocenters. The van der Waals surface area contributed by atoms with Gasteiger partial charge < -0.3 is 14.8 Å². The molecular formula is C21H27N5O4S. The number of hydrogen-bond acceptors (Lipinski definition) is 5. The maximum absolute atomic E-state index is 13.1. The van der Waals surface area contributed by atoms with Crippen molar-refractivity contribution < 1.29 is 18.5 Å². The largest absolute Gasteiger partial charge is 0.475 e. The molecule has 0 bridgehead atoms. The maximum Gasteiger partial charge on any atom is 0.354 e. The molecule has 3 N–H and O–H groups in total. The minimum absolute atomic E-state index is 0.0139. The molecule has 3 aliphatic rings. The van der Waals surface area contributed by atoms with E-state index in [0.29, 0.717) is 19.1 Å². The zero-order chi connectivity index (χ0) is 21.8. The van der Waals surface area contributed by atoms with E-state index in [-0.39, 0.29) is 16.9 Å². The molecule has 2 aliphatic carbocycles. The molecule has 0 saturated heterocycles. The molecule has 1 unspecified atom stereocenters. The average molecular weight is 446 g/mol. The van der Waals surface area contributed by atoms with Gasteiger partial charge in [-0.2, -0.15) is 5.10 Å². The van der Waals surface area contributed by atoms with Crippen LogP contribution in [0.25, 0.3) is 0 Å². The Kier molecular flexibility index (Phi) is 5.03. The predicted molar refractivity (Wildman–Crippen MR) is 116 cm³/mol. The van der Waals surface area contributed by atoms with Crippen LogP contribution in [0.3, 0.4) is 0 Å². The minimum atomic E-state index is -3.51. The van der Waals surface area contributed by atoms with Gasteiger partial charge in [-0.15, -0.1) is 4.36 Å². The number of amides is 2. The Bertz CT molecular complexity index is 1180. The van der Waals surface area contributed by atoms with Crippen LogP contribution in [-0.4, -0.2) is 40.3 Å². The molecular weight excluding hydrogens is 418 g/mol. The lowest BCUT2D eigenvalue weighted by molar-refractivity contribution is 0.179. The van der Waals surface area contributed by atoms with Gasteiger partial charge in [0.05, 0.1) is 18.8 Å². The van der Waals surface area contributed by atoms with Crippen LogP contribution in [0.5, 0.6) is 5.88 Å². The lowest BCUT2D eigenvalue weighted by Gasteiger charge is -2.19. The second-order valence-corrected chi connectivity index (χ2v) is 10.3. The number of fused-ring (bicyclic) bond motifs is 3. The van der Waals surface area contributed by atoms with Crippen LogP contribution < -0.4 is 15.2 Å². The fraction of sp³-hybridized carbons (Fsp3) is 0.524. The van der Waals surface area contributed by atoms with Gasteiger partial charge in [-0.25, -0.2) is 18.8 Å². The third-order valence-electron chi connectivity index (χ3n) is 6.43. The van der Waals surface area contributed by atoms with Gasteiger partial charge in [-0.3, -0.25) is 0 Å². The van der Waals surface area contributed by atoms with Crippen LogP contribution >= 0.6 is 0 Å². The third kappa shape index (κ3) is 3.42. The summed E-state index contributed by atoms with van der Waals surface area (Å²) in [6, 6.07) is 1.57. The van der Waals surface area contributed by atoms with E-state index < -0.39 is 15.9 Å². The predicted octanol–water partition coefficient (Wildman–Crippen LogP) is 2.93. The van der Waals surface area contributed by atoms with E-state index in [1.165, 1.54) is 17.3 Å². The number of hydrogen-bond donors (Lipinski definition) is 2. The fourth-order valence-corrected chi connectivity index (χ4v) is 6.03. The number of urea groups is 1.